The molecule has 3 rings (SSSR count). The zero-order valence-corrected chi connectivity index (χ0v) is 14.7. The van der Waals surface area contributed by atoms with Gasteiger partial charge in [-0.15, -0.1) is 0 Å². The lowest BCUT2D eigenvalue weighted by Crippen LogP contribution is -2.22. The third-order valence-electron chi connectivity index (χ3n) is 3.67. The highest BCUT2D eigenvalue weighted by molar-refractivity contribution is 6.32. The Labute approximate surface area is 150 Å². The number of hydrogen-bond donors (Lipinski definition) is 1. The molecule has 2 aromatic carbocycles. The number of benzene rings is 2. The van der Waals surface area contributed by atoms with Gasteiger partial charge in [0.2, 0.25) is 6.79 Å². The van der Waals surface area contributed by atoms with Crippen LogP contribution in [0.3, 0.4) is 0 Å². The fourth-order valence-electron chi connectivity index (χ4n) is 2.47. The molecule has 0 saturated carbocycles. The molecule has 1 aliphatic heterocycles. The van der Waals surface area contributed by atoms with E-state index < -0.39 is 0 Å². The minimum atomic E-state index is -0.263. The number of nitrogens with one attached hydrogen (secondary N) is 1. The van der Waals surface area contributed by atoms with Crippen LogP contribution in [0.15, 0.2) is 30.3 Å². The summed E-state index contributed by atoms with van der Waals surface area (Å²) < 4.78 is 21.3. The SMILES string of the molecule is CCOc1c(Cl)cc(C(=O)NCc2ccc3c(c2)OCO3)cc1OC. The maximum absolute atomic E-state index is 12.4. The van der Waals surface area contributed by atoms with Crippen molar-refractivity contribution < 1.29 is 23.7 Å². The van der Waals surface area contributed by atoms with E-state index in [1.807, 2.05) is 25.1 Å². The van der Waals surface area contributed by atoms with Gasteiger partial charge in [0.1, 0.15) is 0 Å². The highest BCUT2D eigenvalue weighted by Gasteiger charge is 2.17. The molecule has 7 heteroatoms. The van der Waals surface area contributed by atoms with E-state index in [0.29, 0.717) is 46.7 Å². The third kappa shape index (κ3) is 3.74. The number of carbonyl (C=O) groups excluding carboxylic acids is 1. The van der Waals surface area contributed by atoms with Crippen molar-refractivity contribution >= 4 is 17.5 Å². The molecule has 2 aromatic rings. The summed E-state index contributed by atoms with van der Waals surface area (Å²) in [6.45, 7) is 2.87. The van der Waals surface area contributed by atoms with Gasteiger partial charge in [0.25, 0.3) is 5.91 Å². The van der Waals surface area contributed by atoms with Crippen LogP contribution >= 0.6 is 11.6 Å². The predicted molar refractivity (Wildman–Crippen MR) is 92.9 cm³/mol. The van der Waals surface area contributed by atoms with Crippen molar-refractivity contribution in [2.45, 2.75) is 13.5 Å². The number of carbonyl (C=O) groups is 1. The van der Waals surface area contributed by atoms with Gasteiger partial charge >= 0.3 is 0 Å². The van der Waals surface area contributed by atoms with Crippen molar-refractivity contribution in [1.29, 1.82) is 0 Å². The summed E-state index contributed by atoms with van der Waals surface area (Å²) in [4.78, 5) is 12.4. The molecule has 0 bridgehead atoms. The summed E-state index contributed by atoms with van der Waals surface area (Å²) in [5.41, 5.74) is 1.30. The second-order valence-corrected chi connectivity index (χ2v) is 5.70. The van der Waals surface area contributed by atoms with Crippen LogP contribution in [0.5, 0.6) is 23.0 Å². The average Bonchev–Trinajstić information content (AvgIpc) is 3.09. The number of ether oxygens (including phenoxy) is 4. The molecular formula is C18H18ClNO5. The maximum Gasteiger partial charge on any atom is 0.251 e. The Hall–Kier alpha value is -2.60. The first kappa shape index (κ1) is 17.2. The third-order valence-corrected chi connectivity index (χ3v) is 3.95. The van der Waals surface area contributed by atoms with Gasteiger partial charge in [0.15, 0.2) is 23.0 Å². The molecule has 0 saturated heterocycles. The van der Waals surface area contributed by atoms with Gasteiger partial charge in [-0.1, -0.05) is 17.7 Å². The van der Waals surface area contributed by atoms with Gasteiger partial charge in [-0.25, -0.2) is 0 Å². The van der Waals surface area contributed by atoms with E-state index in [1.165, 1.54) is 7.11 Å². The van der Waals surface area contributed by atoms with Crippen LogP contribution in [0, 0.1) is 0 Å². The smallest absolute Gasteiger partial charge is 0.251 e. The Morgan fingerprint density at radius 1 is 1.24 bits per heavy atom. The van der Waals surface area contributed by atoms with Crippen LogP contribution in [0.2, 0.25) is 5.02 Å². The Morgan fingerprint density at radius 2 is 2.04 bits per heavy atom. The lowest BCUT2D eigenvalue weighted by atomic mass is 10.1. The number of fused-ring (bicyclic) bond motifs is 1. The van der Waals surface area contributed by atoms with Gasteiger partial charge in [-0.05, 0) is 36.8 Å². The second-order valence-electron chi connectivity index (χ2n) is 5.29. The van der Waals surface area contributed by atoms with E-state index in [1.54, 1.807) is 12.1 Å². The van der Waals surface area contributed by atoms with Crippen molar-refractivity contribution in [3.8, 4) is 23.0 Å². The molecule has 0 atom stereocenters. The molecule has 0 unspecified atom stereocenters. The molecule has 25 heavy (non-hydrogen) atoms. The molecule has 1 amide bonds. The molecule has 0 aromatic heterocycles. The summed E-state index contributed by atoms with van der Waals surface area (Å²) in [6.07, 6.45) is 0. The highest BCUT2D eigenvalue weighted by Crippen LogP contribution is 2.36. The van der Waals surface area contributed by atoms with E-state index in [0.717, 1.165) is 5.56 Å². The molecule has 1 heterocycles. The number of rotatable bonds is 6. The van der Waals surface area contributed by atoms with Crippen molar-refractivity contribution in [2.24, 2.45) is 0 Å². The summed E-state index contributed by atoms with van der Waals surface area (Å²) in [5.74, 6) is 1.97. The van der Waals surface area contributed by atoms with Crippen LogP contribution in [-0.4, -0.2) is 26.4 Å². The monoisotopic (exact) mass is 363 g/mol. The quantitative estimate of drug-likeness (QED) is 0.852. The Balaban J connectivity index is 1.71. The van der Waals surface area contributed by atoms with Gasteiger partial charge < -0.3 is 24.3 Å². The lowest BCUT2D eigenvalue weighted by Gasteiger charge is -2.13. The molecule has 1 N–H and O–H groups in total. The Morgan fingerprint density at radius 3 is 2.80 bits per heavy atom. The molecular weight excluding hydrogens is 346 g/mol. The molecule has 0 spiro atoms. The molecule has 0 radical (unpaired) electrons. The van der Waals surface area contributed by atoms with Gasteiger partial charge in [0, 0.05) is 12.1 Å². The largest absolute Gasteiger partial charge is 0.493 e. The summed E-state index contributed by atoms with van der Waals surface area (Å²) in [7, 11) is 1.50. The summed E-state index contributed by atoms with van der Waals surface area (Å²) in [5, 5.41) is 3.17. The van der Waals surface area contributed by atoms with Crippen LogP contribution < -0.4 is 24.3 Å². The highest BCUT2D eigenvalue weighted by atomic mass is 35.5. The van der Waals surface area contributed by atoms with Crippen molar-refractivity contribution in [3.05, 3.63) is 46.5 Å². The zero-order valence-electron chi connectivity index (χ0n) is 13.9. The van der Waals surface area contributed by atoms with E-state index >= 15 is 0 Å². The fraction of sp³-hybridized carbons (Fsp3) is 0.278. The van der Waals surface area contributed by atoms with E-state index in [4.69, 9.17) is 30.5 Å². The van der Waals surface area contributed by atoms with Gasteiger partial charge in [0.05, 0.1) is 18.7 Å². The van der Waals surface area contributed by atoms with Crippen LogP contribution in [-0.2, 0) is 6.54 Å². The number of amides is 1. The number of hydrogen-bond acceptors (Lipinski definition) is 5. The lowest BCUT2D eigenvalue weighted by molar-refractivity contribution is 0.0950. The summed E-state index contributed by atoms with van der Waals surface area (Å²) in [6, 6.07) is 8.70. The van der Waals surface area contributed by atoms with E-state index in [9.17, 15) is 4.79 Å². The van der Waals surface area contributed by atoms with Crippen molar-refractivity contribution in [3.63, 3.8) is 0 Å². The van der Waals surface area contributed by atoms with Crippen molar-refractivity contribution in [2.75, 3.05) is 20.5 Å². The molecule has 0 aliphatic carbocycles. The summed E-state index contributed by atoms with van der Waals surface area (Å²) >= 11 is 6.20. The Kier molecular flexibility index (Phi) is 5.19. The minimum Gasteiger partial charge on any atom is -0.493 e. The minimum absolute atomic E-state index is 0.218. The van der Waals surface area contributed by atoms with Gasteiger partial charge in [-0.3, -0.25) is 4.79 Å². The van der Waals surface area contributed by atoms with Gasteiger partial charge in [-0.2, -0.15) is 0 Å². The van der Waals surface area contributed by atoms with Crippen LogP contribution in [0.4, 0.5) is 0 Å². The normalized spacial score (nSPS) is 12.0. The molecule has 132 valence electrons. The molecule has 6 nitrogen and oxygen atoms in total. The van der Waals surface area contributed by atoms with Crippen LogP contribution in [0.1, 0.15) is 22.8 Å². The first-order valence-electron chi connectivity index (χ1n) is 7.79. The Bertz CT molecular complexity index is 793. The first-order chi connectivity index (χ1) is 12.1. The number of halogens is 1. The standard InChI is InChI=1S/C18H18ClNO5/c1-3-23-17-13(19)7-12(8-16(17)22-2)18(21)20-9-11-4-5-14-15(6-11)25-10-24-14/h4-8H,3,9-10H2,1-2H3,(H,20,21). The zero-order chi connectivity index (χ0) is 17.8. The maximum atomic E-state index is 12.4. The number of methoxy groups -OCH3 is 1. The predicted octanol–water partition coefficient (Wildman–Crippen LogP) is 3.41. The van der Waals surface area contributed by atoms with E-state index in [-0.39, 0.29) is 12.7 Å². The second kappa shape index (κ2) is 7.53. The van der Waals surface area contributed by atoms with Crippen molar-refractivity contribution in [1.82, 2.24) is 5.32 Å². The average molecular weight is 364 g/mol. The topological polar surface area (TPSA) is 66.0 Å². The molecule has 0 fully saturated rings. The van der Waals surface area contributed by atoms with Crippen LogP contribution in [0.25, 0.3) is 0 Å². The first-order valence-corrected chi connectivity index (χ1v) is 8.17. The molecule has 1 aliphatic rings. The fourth-order valence-corrected chi connectivity index (χ4v) is 2.74. The van der Waals surface area contributed by atoms with E-state index in [2.05, 4.69) is 5.32 Å².